The van der Waals surface area contributed by atoms with Crippen LogP contribution in [0.2, 0.25) is 0 Å². The minimum Gasteiger partial charge on any atom is -0.396 e. The lowest BCUT2D eigenvalue weighted by Crippen LogP contribution is -2.35. The molecule has 2 aliphatic rings. The quantitative estimate of drug-likeness (QED) is 0.722. The van der Waals surface area contributed by atoms with Gasteiger partial charge >= 0.3 is 0 Å². The molecule has 2 aliphatic heterocycles. The molecule has 2 nitrogen and oxygen atoms in total. The van der Waals surface area contributed by atoms with Crippen molar-refractivity contribution < 1.29 is 13.9 Å². The Morgan fingerprint density at radius 1 is 1.38 bits per heavy atom. The van der Waals surface area contributed by atoms with Crippen molar-refractivity contribution in [3.63, 3.8) is 0 Å². The van der Waals surface area contributed by atoms with Crippen molar-refractivity contribution in [2.75, 3.05) is 13.2 Å². The first-order valence-corrected chi connectivity index (χ1v) is 4.87. The van der Waals surface area contributed by atoms with Crippen LogP contribution in [0.25, 0.3) is 0 Å². The van der Waals surface area contributed by atoms with E-state index in [-0.39, 0.29) is 25.1 Å². The Balaban J connectivity index is 1.98. The van der Waals surface area contributed by atoms with Gasteiger partial charge in [-0.3, -0.25) is 4.90 Å². The van der Waals surface area contributed by atoms with Gasteiger partial charge in [-0.25, -0.2) is 8.78 Å². The highest BCUT2D eigenvalue weighted by Crippen LogP contribution is 2.41. The van der Waals surface area contributed by atoms with Gasteiger partial charge in [0, 0.05) is 18.7 Å². The van der Waals surface area contributed by atoms with Crippen LogP contribution in [-0.4, -0.2) is 41.7 Å². The Labute approximate surface area is 76.5 Å². The summed E-state index contributed by atoms with van der Waals surface area (Å²) in [7, 11) is 0. The van der Waals surface area contributed by atoms with Gasteiger partial charge in [-0.05, 0) is 25.2 Å². The fourth-order valence-electron chi connectivity index (χ4n) is 2.87. The molecule has 2 bridgehead atoms. The molecule has 3 unspecified atom stereocenters. The zero-order valence-electron chi connectivity index (χ0n) is 7.50. The number of aliphatic hydroxyl groups is 1. The highest BCUT2D eigenvalue weighted by Gasteiger charge is 2.46. The third-order valence-corrected chi connectivity index (χ3v) is 3.39. The second-order valence-electron chi connectivity index (χ2n) is 4.06. The summed E-state index contributed by atoms with van der Waals surface area (Å²) in [6.07, 6.45) is 0.699. The average molecular weight is 191 g/mol. The summed E-state index contributed by atoms with van der Waals surface area (Å²) in [4.78, 5) is 1.89. The minimum absolute atomic E-state index is 0.105. The molecule has 0 spiro atoms. The summed E-state index contributed by atoms with van der Waals surface area (Å²) in [5, 5.41) is 9.03. The number of hydrogen-bond acceptors (Lipinski definition) is 2. The van der Waals surface area contributed by atoms with Crippen molar-refractivity contribution in [3.8, 4) is 0 Å². The van der Waals surface area contributed by atoms with Gasteiger partial charge in [0.15, 0.2) is 0 Å². The molecule has 13 heavy (non-hydrogen) atoms. The first-order valence-electron chi connectivity index (χ1n) is 4.87. The third-order valence-electron chi connectivity index (χ3n) is 3.39. The van der Waals surface area contributed by atoms with Crippen LogP contribution in [0.5, 0.6) is 0 Å². The van der Waals surface area contributed by atoms with E-state index in [9.17, 15) is 8.78 Å². The number of hydrogen-bond donors (Lipinski definition) is 1. The molecule has 76 valence electrons. The number of nitrogens with zero attached hydrogens (tertiary/aromatic N) is 1. The van der Waals surface area contributed by atoms with Gasteiger partial charge in [-0.1, -0.05) is 0 Å². The SMILES string of the molecule is OCC1CC2CCC1N2CC(F)F. The highest BCUT2D eigenvalue weighted by molar-refractivity contribution is 4.99. The lowest BCUT2D eigenvalue weighted by Gasteiger charge is -2.22. The van der Waals surface area contributed by atoms with Crippen molar-refractivity contribution in [2.45, 2.75) is 37.8 Å². The zero-order chi connectivity index (χ0) is 9.42. The Morgan fingerprint density at radius 2 is 2.15 bits per heavy atom. The van der Waals surface area contributed by atoms with E-state index in [2.05, 4.69) is 0 Å². The van der Waals surface area contributed by atoms with Gasteiger partial charge < -0.3 is 5.11 Å². The zero-order valence-corrected chi connectivity index (χ0v) is 7.50. The topological polar surface area (TPSA) is 23.5 Å². The summed E-state index contributed by atoms with van der Waals surface area (Å²) < 4.78 is 24.4. The molecular formula is C9H15F2NO. The molecule has 2 rings (SSSR count). The van der Waals surface area contributed by atoms with Gasteiger partial charge in [-0.2, -0.15) is 0 Å². The van der Waals surface area contributed by atoms with Gasteiger partial charge in [0.2, 0.25) is 0 Å². The van der Waals surface area contributed by atoms with Crippen LogP contribution >= 0.6 is 0 Å². The van der Waals surface area contributed by atoms with Gasteiger partial charge in [0.25, 0.3) is 6.43 Å². The van der Waals surface area contributed by atoms with Crippen molar-refractivity contribution in [2.24, 2.45) is 5.92 Å². The molecule has 2 heterocycles. The summed E-state index contributed by atoms with van der Waals surface area (Å²) >= 11 is 0. The van der Waals surface area contributed by atoms with Gasteiger partial charge in [0.05, 0.1) is 6.54 Å². The molecule has 3 atom stereocenters. The van der Waals surface area contributed by atoms with Crippen molar-refractivity contribution in [1.82, 2.24) is 4.90 Å². The van der Waals surface area contributed by atoms with Crippen LogP contribution in [0.3, 0.4) is 0 Å². The van der Waals surface area contributed by atoms with Gasteiger partial charge in [0.1, 0.15) is 0 Å². The van der Waals surface area contributed by atoms with Crippen molar-refractivity contribution in [1.29, 1.82) is 0 Å². The maximum Gasteiger partial charge on any atom is 0.251 e. The molecular weight excluding hydrogens is 176 g/mol. The second kappa shape index (κ2) is 3.50. The minimum atomic E-state index is -2.24. The summed E-state index contributed by atoms with van der Waals surface area (Å²) in [5.74, 6) is 0.248. The summed E-state index contributed by atoms with van der Waals surface area (Å²) in [6.45, 7) is 0.0484. The first-order chi connectivity index (χ1) is 6.22. The lowest BCUT2D eigenvalue weighted by atomic mass is 9.90. The highest BCUT2D eigenvalue weighted by atomic mass is 19.3. The Morgan fingerprint density at radius 3 is 2.69 bits per heavy atom. The van der Waals surface area contributed by atoms with E-state index in [0.717, 1.165) is 19.3 Å². The van der Waals surface area contributed by atoms with Crippen LogP contribution in [0, 0.1) is 5.92 Å². The summed E-state index contributed by atoms with van der Waals surface area (Å²) in [6, 6.07) is 0.542. The number of fused-ring (bicyclic) bond motifs is 2. The molecule has 0 aromatic carbocycles. The predicted molar refractivity (Wildman–Crippen MR) is 44.7 cm³/mol. The number of rotatable bonds is 3. The third kappa shape index (κ3) is 1.57. The van der Waals surface area contributed by atoms with E-state index in [1.807, 2.05) is 4.90 Å². The van der Waals surface area contributed by atoms with Crippen LogP contribution in [0.1, 0.15) is 19.3 Å². The van der Waals surface area contributed by atoms with E-state index >= 15 is 0 Å². The molecule has 2 fully saturated rings. The molecule has 0 aromatic rings. The number of halogens is 2. The Kier molecular flexibility index (Phi) is 2.51. The van der Waals surface area contributed by atoms with Crippen LogP contribution in [-0.2, 0) is 0 Å². The molecule has 0 aromatic heterocycles. The fraction of sp³-hybridized carbons (Fsp3) is 1.00. The first kappa shape index (κ1) is 9.34. The van der Waals surface area contributed by atoms with E-state index in [1.165, 1.54) is 0 Å². The van der Waals surface area contributed by atoms with Crippen LogP contribution in [0.15, 0.2) is 0 Å². The lowest BCUT2D eigenvalue weighted by molar-refractivity contribution is 0.0734. The Hall–Kier alpha value is -0.220. The molecule has 1 N–H and O–H groups in total. The molecule has 0 amide bonds. The molecule has 0 aliphatic carbocycles. The smallest absolute Gasteiger partial charge is 0.251 e. The predicted octanol–water partition coefficient (Wildman–Crippen LogP) is 1.10. The Bertz CT molecular complexity index is 188. The maximum absolute atomic E-state index is 12.2. The molecule has 0 radical (unpaired) electrons. The van der Waals surface area contributed by atoms with E-state index in [4.69, 9.17) is 5.11 Å². The normalized spacial score (nSPS) is 39.2. The van der Waals surface area contributed by atoms with Crippen LogP contribution < -0.4 is 0 Å². The average Bonchev–Trinajstić information content (AvgIpc) is 2.61. The largest absolute Gasteiger partial charge is 0.396 e. The van der Waals surface area contributed by atoms with Crippen molar-refractivity contribution >= 4 is 0 Å². The molecule has 2 saturated heterocycles. The molecule has 4 heteroatoms. The van der Waals surface area contributed by atoms with E-state index in [1.54, 1.807) is 0 Å². The van der Waals surface area contributed by atoms with E-state index < -0.39 is 6.43 Å². The standard InChI is InChI=1S/C9H15F2NO/c10-9(11)4-12-7-1-2-8(12)6(3-7)5-13/h6-9,13H,1-5H2. The van der Waals surface area contributed by atoms with Gasteiger partial charge in [-0.15, -0.1) is 0 Å². The second-order valence-corrected chi connectivity index (χ2v) is 4.06. The number of aliphatic hydroxyl groups excluding tert-OH is 1. The molecule has 0 saturated carbocycles. The van der Waals surface area contributed by atoms with E-state index in [0.29, 0.717) is 6.04 Å². The van der Waals surface area contributed by atoms with Crippen LogP contribution in [0.4, 0.5) is 8.78 Å². The van der Waals surface area contributed by atoms with Crippen molar-refractivity contribution in [3.05, 3.63) is 0 Å². The maximum atomic E-state index is 12.2. The number of alkyl halides is 2. The monoisotopic (exact) mass is 191 g/mol. The summed E-state index contributed by atoms with van der Waals surface area (Å²) in [5.41, 5.74) is 0. The fourth-order valence-corrected chi connectivity index (χ4v) is 2.87.